The van der Waals surface area contributed by atoms with Crippen molar-refractivity contribution in [2.24, 2.45) is 4.36 Å². The Morgan fingerprint density at radius 1 is 1.25 bits per heavy atom. The molecule has 0 radical (unpaired) electrons. The topological polar surface area (TPSA) is 47.9 Å². The molecule has 1 unspecified atom stereocenters. The lowest BCUT2D eigenvalue weighted by atomic mass is 9.80. The number of ether oxygens (including phenoxy) is 1. The van der Waals surface area contributed by atoms with Crippen LogP contribution in [0.1, 0.15) is 37.3 Å². The Balaban J connectivity index is 2.06. The Labute approximate surface area is 143 Å². The summed E-state index contributed by atoms with van der Waals surface area (Å²) in [5.74, 6) is 0.558. The monoisotopic (exact) mass is 348 g/mol. The van der Waals surface area contributed by atoms with Crippen LogP contribution in [0.2, 0.25) is 0 Å². The van der Waals surface area contributed by atoms with E-state index >= 15 is 0 Å². The van der Waals surface area contributed by atoms with E-state index in [1.807, 2.05) is 32.0 Å². The maximum absolute atomic E-state index is 13.2. The summed E-state index contributed by atoms with van der Waals surface area (Å²) in [5.41, 5.74) is 2.22. The Morgan fingerprint density at radius 3 is 2.62 bits per heavy atom. The average Bonchev–Trinajstić information content (AvgIpc) is 2.53. The van der Waals surface area contributed by atoms with Crippen molar-refractivity contribution in [3.63, 3.8) is 0 Å². The molecular weight excluding hydrogens is 329 g/mol. The van der Waals surface area contributed by atoms with E-state index in [9.17, 15) is 8.60 Å². The van der Waals surface area contributed by atoms with Gasteiger partial charge in [0.05, 0.1) is 0 Å². The minimum atomic E-state index is -1.72. The zero-order chi connectivity index (χ0) is 17.3. The van der Waals surface area contributed by atoms with Crippen LogP contribution in [0.25, 0.3) is 0 Å². The van der Waals surface area contributed by atoms with Crippen LogP contribution < -0.4 is 4.74 Å². The van der Waals surface area contributed by atoms with Crippen molar-refractivity contribution in [2.75, 3.05) is 7.11 Å². The third-order valence-corrected chi connectivity index (χ3v) is 4.69. The fourth-order valence-corrected chi connectivity index (χ4v) is 3.37. The Bertz CT molecular complexity index is 827. The summed E-state index contributed by atoms with van der Waals surface area (Å²) in [6.07, 6.45) is 0.784. The van der Waals surface area contributed by atoms with Crippen LogP contribution in [0, 0.1) is 5.82 Å². The van der Waals surface area contributed by atoms with E-state index in [0.29, 0.717) is 11.4 Å². The molecule has 2 aromatic rings. The van der Waals surface area contributed by atoms with Gasteiger partial charge < -0.3 is 17.5 Å². The molecule has 0 aliphatic carbocycles. The van der Waals surface area contributed by atoms with Gasteiger partial charge in [-0.15, -0.1) is 0 Å². The van der Waals surface area contributed by atoms with Crippen LogP contribution in [0.3, 0.4) is 0 Å². The Kier molecular flexibility index (Phi) is 4.60. The van der Waals surface area contributed by atoms with Gasteiger partial charge >= 0.3 is 0 Å². The third-order valence-electron chi connectivity index (χ3n) is 4.05. The molecule has 1 atom stereocenters. The second-order valence-electron chi connectivity index (χ2n) is 6.37. The highest BCUT2D eigenvalue weighted by molar-refractivity contribution is 7.69. The number of nitrogens with zero attached hydrogens (tertiary/aromatic N) is 1. The molecule has 128 valence electrons. The summed E-state index contributed by atoms with van der Waals surface area (Å²) in [6.45, 7) is 4.03. The van der Waals surface area contributed by atoms with E-state index in [-0.39, 0.29) is 17.3 Å². The van der Waals surface area contributed by atoms with Crippen LogP contribution >= 0.6 is 0 Å². The number of hydrogen-bond donors (Lipinski definition) is 0. The van der Waals surface area contributed by atoms with Crippen LogP contribution in [0.4, 0.5) is 10.1 Å². The van der Waals surface area contributed by atoms with E-state index < -0.39 is 10.9 Å². The molecule has 0 saturated heterocycles. The van der Waals surface area contributed by atoms with Crippen molar-refractivity contribution in [2.45, 2.75) is 31.8 Å². The lowest BCUT2D eigenvalue weighted by molar-refractivity contribution is 0.0775. The molecule has 1 aliphatic rings. The van der Waals surface area contributed by atoms with Crippen LogP contribution in [0.5, 0.6) is 5.75 Å². The molecule has 1 aliphatic heterocycles. The molecule has 0 spiro atoms. The van der Waals surface area contributed by atoms with Gasteiger partial charge in [-0.3, -0.25) is 0 Å². The first-order valence-corrected chi connectivity index (χ1v) is 8.68. The molecule has 0 bridgehead atoms. The zero-order valence-corrected chi connectivity index (χ0v) is 14.6. The number of benzene rings is 2. The second kappa shape index (κ2) is 6.53. The fraction of sp³-hybridized carbons (Fsp3) is 0.333. The average molecular weight is 348 g/mol. The minimum absolute atomic E-state index is 0.103. The molecule has 4 nitrogen and oxygen atoms in total. The summed E-state index contributed by atoms with van der Waals surface area (Å²) < 4.78 is 39.4. The molecule has 0 fully saturated rings. The number of rotatable bonds is 3. The maximum Gasteiger partial charge on any atom is 0.125 e. The fourth-order valence-electron chi connectivity index (χ4n) is 3.01. The molecule has 6 heteroatoms. The largest absolute Gasteiger partial charge is 0.487 e. The van der Waals surface area contributed by atoms with Gasteiger partial charge in [-0.1, -0.05) is 29.1 Å². The number of fused-ring (bicyclic) bond motifs is 1. The number of hydrogen-bond acceptors (Lipinski definition) is 5. The highest BCUT2D eigenvalue weighted by Crippen LogP contribution is 2.45. The van der Waals surface area contributed by atoms with E-state index in [2.05, 4.69) is 8.55 Å². The van der Waals surface area contributed by atoms with Crippen molar-refractivity contribution in [1.29, 1.82) is 0 Å². The van der Waals surface area contributed by atoms with Gasteiger partial charge in [0, 0.05) is 30.3 Å². The minimum Gasteiger partial charge on any atom is -0.487 e. The predicted octanol–water partition coefficient (Wildman–Crippen LogP) is 4.86. The van der Waals surface area contributed by atoms with Crippen LogP contribution in [0.15, 0.2) is 46.8 Å². The van der Waals surface area contributed by atoms with Crippen molar-refractivity contribution in [3.05, 3.63) is 59.4 Å². The van der Waals surface area contributed by atoms with Crippen molar-refractivity contribution < 1.29 is 17.5 Å². The first-order chi connectivity index (χ1) is 11.4. The van der Waals surface area contributed by atoms with Crippen LogP contribution in [-0.4, -0.2) is 12.7 Å². The first-order valence-electron chi connectivity index (χ1n) is 7.64. The zero-order valence-electron chi connectivity index (χ0n) is 13.8. The van der Waals surface area contributed by atoms with Crippen molar-refractivity contribution in [1.82, 2.24) is 0 Å². The van der Waals surface area contributed by atoms with Gasteiger partial charge in [0.15, 0.2) is 0 Å². The molecule has 0 amide bonds. The van der Waals surface area contributed by atoms with E-state index in [0.717, 1.165) is 17.5 Å². The molecule has 3 rings (SSSR count). The Morgan fingerprint density at radius 2 is 1.96 bits per heavy atom. The van der Waals surface area contributed by atoms with Gasteiger partial charge in [0.2, 0.25) is 0 Å². The summed E-state index contributed by atoms with van der Waals surface area (Å²) >= 11 is 0. The SMILES string of the molecule is CO[S-](=O)=Nc1ccc2c(c1)OC(C)(C)CC2c1ccc(F)cc1. The molecule has 0 aromatic heterocycles. The summed E-state index contributed by atoms with van der Waals surface area (Å²) in [4.78, 5) is 0. The van der Waals surface area contributed by atoms with Gasteiger partial charge in [0.1, 0.15) is 17.2 Å². The second-order valence-corrected chi connectivity index (χ2v) is 7.32. The molecular formula is C18H19FNO3S-. The molecule has 24 heavy (non-hydrogen) atoms. The quantitative estimate of drug-likeness (QED) is 0.744. The highest BCUT2D eigenvalue weighted by atomic mass is 32.2. The van der Waals surface area contributed by atoms with E-state index in [1.165, 1.54) is 19.2 Å². The summed E-state index contributed by atoms with van der Waals surface area (Å²) in [6, 6.07) is 12.0. The van der Waals surface area contributed by atoms with Crippen molar-refractivity contribution in [3.8, 4) is 5.75 Å². The molecule has 0 N–H and O–H groups in total. The molecule has 1 heterocycles. The van der Waals surface area contributed by atoms with Crippen LogP contribution in [-0.2, 0) is 19.3 Å². The standard InChI is InChI=1S/C18H19FNO3S/c1-18(2)11-16(12-4-6-13(19)7-5-12)15-9-8-14(10-17(15)23-18)20-24(21)22-3/h4-10,16H,11H2,1-3H3/q-1. The lowest BCUT2D eigenvalue weighted by Gasteiger charge is -2.38. The van der Waals surface area contributed by atoms with E-state index in [1.54, 1.807) is 12.1 Å². The predicted molar refractivity (Wildman–Crippen MR) is 91.2 cm³/mol. The van der Waals surface area contributed by atoms with E-state index in [4.69, 9.17) is 4.74 Å². The normalized spacial score (nSPS) is 20.2. The summed E-state index contributed by atoms with van der Waals surface area (Å²) in [7, 11) is -0.382. The van der Waals surface area contributed by atoms with Gasteiger partial charge in [-0.25, -0.2) is 4.39 Å². The highest BCUT2D eigenvalue weighted by Gasteiger charge is 2.34. The molecule has 2 aromatic carbocycles. The lowest BCUT2D eigenvalue weighted by Crippen LogP contribution is -2.35. The van der Waals surface area contributed by atoms with Gasteiger partial charge in [0.25, 0.3) is 0 Å². The smallest absolute Gasteiger partial charge is 0.125 e. The number of halogens is 1. The van der Waals surface area contributed by atoms with Gasteiger partial charge in [-0.05, 0) is 44.0 Å². The van der Waals surface area contributed by atoms with Crippen molar-refractivity contribution >= 4 is 16.6 Å². The molecule has 0 saturated carbocycles. The maximum atomic E-state index is 13.2. The third kappa shape index (κ3) is 3.60. The first kappa shape index (κ1) is 16.9. The summed E-state index contributed by atoms with van der Waals surface area (Å²) in [5, 5.41) is 0. The van der Waals surface area contributed by atoms with Gasteiger partial charge in [-0.2, -0.15) is 0 Å². The Hall–Kier alpha value is -1.92.